The van der Waals surface area contributed by atoms with Gasteiger partial charge in [-0.3, -0.25) is 0 Å². The number of likely N-dealkylation sites (tertiary alicyclic amines) is 1. The predicted molar refractivity (Wildman–Crippen MR) is 96.5 cm³/mol. The molecule has 2 aromatic carbocycles. The lowest BCUT2D eigenvalue weighted by molar-refractivity contribution is 0.0266. The maximum atomic E-state index is 12.5. The van der Waals surface area contributed by atoms with Gasteiger partial charge < -0.3 is 14.7 Å². The average Bonchev–Trinajstić information content (AvgIpc) is 2.96. The molecule has 1 aliphatic carbocycles. The number of aliphatic hydroxyl groups excluding tert-OH is 1. The molecular formula is C21H23NO3. The van der Waals surface area contributed by atoms with Gasteiger partial charge >= 0.3 is 6.09 Å². The van der Waals surface area contributed by atoms with E-state index in [9.17, 15) is 9.90 Å². The van der Waals surface area contributed by atoms with Gasteiger partial charge in [0.25, 0.3) is 0 Å². The molecule has 2 atom stereocenters. The highest BCUT2D eigenvalue weighted by molar-refractivity contribution is 5.79. The Balaban J connectivity index is 1.52. The molecule has 1 aliphatic heterocycles. The number of aliphatic hydroxyl groups is 1. The first-order valence-electron chi connectivity index (χ1n) is 8.95. The number of β-amino-alcohol motifs (C(OH)–C–C–N with tert-alkyl or cyclic N) is 1. The zero-order valence-electron chi connectivity index (χ0n) is 14.4. The second kappa shape index (κ2) is 6.52. The van der Waals surface area contributed by atoms with Gasteiger partial charge in [-0.15, -0.1) is 0 Å². The summed E-state index contributed by atoms with van der Waals surface area (Å²) < 4.78 is 5.67. The van der Waals surface area contributed by atoms with Crippen LogP contribution >= 0.6 is 0 Å². The summed E-state index contributed by atoms with van der Waals surface area (Å²) in [7, 11) is 0. The van der Waals surface area contributed by atoms with E-state index in [0.29, 0.717) is 13.2 Å². The molecule has 1 fully saturated rings. The summed E-state index contributed by atoms with van der Waals surface area (Å²) in [5, 5.41) is 9.84. The van der Waals surface area contributed by atoms with Gasteiger partial charge in [-0.05, 0) is 42.0 Å². The van der Waals surface area contributed by atoms with E-state index >= 15 is 0 Å². The largest absolute Gasteiger partial charge is 0.448 e. The molecule has 4 nitrogen and oxygen atoms in total. The topological polar surface area (TPSA) is 49.8 Å². The van der Waals surface area contributed by atoms with Crippen molar-refractivity contribution in [1.29, 1.82) is 0 Å². The van der Waals surface area contributed by atoms with E-state index < -0.39 is 6.10 Å². The number of ether oxygens (including phenoxy) is 1. The summed E-state index contributed by atoms with van der Waals surface area (Å²) in [6, 6.07) is 16.7. The maximum Gasteiger partial charge on any atom is 0.410 e. The van der Waals surface area contributed by atoms with Gasteiger partial charge in [0.2, 0.25) is 0 Å². The van der Waals surface area contributed by atoms with Crippen molar-refractivity contribution in [3.8, 4) is 11.1 Å². The van der Waals surface area contributed by atoms with E-state index in [1.807, 2.05) is 31.2 Å². The third-order valence-electron chi connectivity index (χ3n) is 5.43. The van der Waals surface area contributed by atoms with Crippen molar-refractivity contribution in [2.45, 2.75) is 37.8 Å². The molecule has 1 heterocycles. The highest BCUT2D eigenvalue weighted by Crippen LogP contribution is 2.44. The number of nitrogens with zero attached hydrogens (tertiary/aromatic N) is 1. The number of rotatable bonds is 2. The first-order chi connectivity index (χ1) is 12.1. The van der Waals surface area contributed by atoms with Crippen molar-refractivity contribution < 1.29 is 14.6 Å². The quantitative estimate of drug-likeness (QED) is 0.907. The normalized spacial score (nSPS) is 22.4. The third-order valence-corrected chi connectivity index (χ3v) is 5.43. The van der Waals surface area contributed by atoms with E-state index in [-0.39, 0.29) is 18.1 Å². The van der Waals surface area contributed by atoms with E-state index in [1.54, 1.807) is 4.90 Å². The average molecular weight is 337 g/mol. The lowest BCUT2D eigenvalue weighted by atomic mass is 9.98. The summed E-state index contributed by atoms with van der Waals surface area (Å²) in [5.74, 6) is 0.0707. The van der Waals surface area contributed by atoms with Gasteiger partial charge in [0.15, 0.2) is 0 Å². The standard InChI is InChI=1S/C21H23NO3/c1-14-10-11-15(23)12-22(14)21(24)25-13-20-18-8-4-2-6-16(18)17-7-3-5-9-19(17)20/h2-9,14-15,20,23H,10-13H2,1H3. The number of carbonyl (C=O) groups excluding carboxylic acids is 1. The zero-order valence-corrected chi connectivity index (χ0v) is 14.4. The van der Waals surface area contributed by atoms with Gasteiger partial charge in [-0.2, -0.15) is 0 Å². The van der Waals surface area contributed by atoms with Crippen molar-refractivity contribution >= 4 is 6.09 Å². The van der Waals surface area contributed by atoms with E-state index in [2.05, 4.69) is 24.3 Å². The lowest BCUT2D eigenvalue weighted by Crippen LogP contribution is -2.47. The number of fused-ring (bicyclic) bond motifs is 3. The van der Waals surface area contributed by atoms with Gasteiger partial charge in [-0.25, -0.2) is 4.79 Å². The Morgan fingerprint density at radius 3 is 2.32 bits per heavy atom. The second-order valence-corrected chi connectivity index (χ2v) is 7.04. The minimum Gasteiger partial charge on any atom is -0.448 e. The fourth-order valence-corrected chi connectivity index (χ4v) is 4.02. The third kappa shape index (κ3) is 2.91. The SMILES string of the molecule is CC1CCC(O)CN1C(=O)OCC1c2ccccc2-c2ccccc21. The van der Waals surface area contributed by atoms with Crippen LogP contribution in [0.5, 0.6) is 0 Å². The fraction of sp³-hybridized carbons (Fsp3) is 0.381. The van der Waals surface area contributed by atoms with E-state index in [0.717, 1.165) is 12.8 Å². The minimum atomic E-state index is -0.448. The fourth-order valence-electron chi connectivity index (χ4n) is 4.02. The van der Waals surface area contributed by atoms with Crippen LogP contribution in [0.1, 0.15) is 36.8 Å². The molecule has 2 unspecified atom stereocenters. The molecule has 1 saturated heterocycles. The van der Waals surface area contributed by atoms with Gasteiger partial charge in [0.05, 0.1) is 12.6 Å². The van der Waals surface area contributed by atoms with Crippen LogP contribution in [0.15, 0.2) is 48.5 Å². The van der Waals surface area contributed by atoms with Gasteiger partial charge in [0, 0.05) is 12.0 Å². The molecular weight excluding hydrogens is 314 g/mol. The van der Waals surface area contributed by atoms with Gasteiger partial charge in [0.1, 0.15) is 6.61 Å². The van der Waals surface area contributed by atoms with Crippen LogP contribution in [0.4, 0.5) is 4.79 Å². The summed E-state index contributed by atoms with van der Waals surface area (Å²) >= 11 is 0. The number of amides is 1. The molecule has 0 spiro atoms. The smallest absolute Gasteiger partial charge is 0.410 e. The van der Waals surface area contributed by atoms with Crippen LogP contribution in [0, 0.1) is 0 Å². The number of carbonyl (C=O) groups is 1. The molecule has 1 amide bonds. The van der Waals surface area contributed by atoms with Crippen molar-refractivity contribution in [3.05, 3.63) is 59.7 Å². The van der Waals surface area contributed by atoms with Crippen LogP contribution in [0.25, 0.3) is 11.1 Å². The van der Waals surface area contributed by atoms with E-state index in [1.165, 1.54) is 22.3 Å². The number of hydrogen-bond acceptors (Lipinski definition) is 3. The summed E-state index contributed by atoms with van der Waals surface area (Å²) in [6.45, 7) is 2.69. The van der Waals surface area contributed by atoms with Crippen LogP contribution in [-0.2, 0) is 4.74 Å². The Morgan fingerprint density at radius 2 is 1.68 bits per heavy atom. The second-order valence-electron chi connectivity index (χ2n) is 7.04. The number of benzene rings is 2. The Morgan fingerprint density at radius 1 is 1.08 bits per heavy atom. The van der Waals surface area contributed by atoms with Crippen LogP contribution < -0.4 is 0 Å². The number of piperidine rings is 1. The molecule has 2 aromatic rings. The molecule has 0 radical (unpaired) electrons. The zero-order chi connectivity index (χ0) is 17.4. The van der Waals surface area contributed by atoms with Crippen LogP contribution in [0.3, 0.4) is 0 Å². The van der Waals surface area contributed by atoms with Crippen LogP contribution in [-0.4, -0.2) is 41.4 Å². The summed E-state index contributed by atoms with van der Waals surface area (Å²) in [6.07, 6.45) is 0.782. The summed E-state index contributed by atoms with van der Waals surface area (Å²) in [4.78, 5) is 14.2. The molecule has 4 heteroatoms. The highest BCUT2D eigenvalue weighted by Gasteiger charge is 2.32. The molecule has 0 saturated carbocycles. The lowest BCUT2D eigenvalue weighted by Gasteiger charge is -2.35. The first kappa shape index (κ1) is 16.2. The predicted octanol–water partition coefficient (Wildman–Crippen LogP) is 3.78. The Hall–Kier alpha value is -2.33. The van der Waals surface area contributed by atoms with Crippen molar-refractivity contribution in [3.63, 3.8) is 0 Å². The molecule has 4 rings (SSSR count). The van der Waals surface area contributed by atoms with Crippen molar-refractivity contribution in [1.82, 2.24) is 4.90 Å². The maximum absolute atomic E-state index is 12.5. The van der Waals surface area contributed by atoms with Crippen molar-refractivity contribution in [2.24, 2.45) is 0 Å². The van der Waals surface area contributed by atoms with E-state index in [4.69, 9.17) is 4.74 Å². The molecule has 130 valence electrons. The van der Waals surface area contributed by atoms with Crippen LogP contribution in [0.2, 0.25) is 0 Å². The molecule has 0 bridgehead atoms. The monoisotopic (exact) mass is 337 g/mol. The highest BCUT2D eigenvalue weighted by atomic mass is 16.6. The Labute approximate surface area is 148 Å². The minimum absolute atomic E-state index is 0.0707. The molecule has 25 heavy (non-hydrogen) atoms. The molecule has 2 aliphatic rings. The molecule has 1 N–H and O–H groups in total. The Kier molecular flexibility index (Phi) is 4.22. The van der Waals surface area contributed by atoms with Gasteiger partial charge in [-0.1, -0.05) is 48.5 Å². The molecule has 0 aromatic heterocycles. The summed E-state index contributed by atoms with van der Waals surface area (Å²) in [5.41, 5.74) is 4.87. The number of hydrogen-bond donors (Lipinski definition) is 1. The van der Waals surface area contributed by atoms with Crippen molar-refractivity contribution in [2.75, 3.05) is 13.2 Å². The Bertz CT molecular complexity index is 743. The first-order valence-corrected chi connectivity index (χ1v) is 8.95.